The van der Waals surface area contributed by atoms with E-state index in [0.717, 1.165) is 27.2 Å². The monoisotopic (exact) mass is 377 g/mol. The number of anilines is 2. The molecule has 0 saturated carbocycles. The standard InChI is InChI=1S/C18H20ClN3O2S/c1-5-23-13-8-7-12(9-14(13)24-6-2)20-16-15-10(3)11(4)25-17(15)22-18(19)21-16/h7-9H,5-6H2,1-4H3,(H,20,21,22). The molecule has 0 bridgehead atoms. The van der Waals surface area contributed by atoms with Gasteiger partial charge >= 0.3 is 0 Å². The summed E-state index contributed by atoms with van der Waals surface area (Å²) in [6.45, 7) is 9.19. The minimum absolute atomic E-state index is 0.229. The quantitative estimate of drug-likeness (QED) is 0.574. The lowest BCUT2D eigenvalue weighted by Gasteiger charge is -2.14. The normalized spacial score (nSPS) is 10.9. The third-order valence-electron chi connectivity index (χ3n) is 3.81. The summed E-state index contributed by atoms with van der Waals surface area (Å²) >= 11 is 7.72. The molecule has 0 aliphatic carbocycles. The van der Waals surface area contributed by atoms with Crippen molar-refractivity contribution < 1.29 is 9.47 Å². The molecule has 0 aliphatic heterocycles. The second kappa shape index (κ2) is 7.45. The van der Waals surface area contributed by atoms with Crippen LogP contribution in [0, 0.1) is 13.8 Å². The first-order valence-corrected chi connectivity index (χ1v) is 9.32. The molecule has 1 aromatic carbocycles. The first-order valence-electron chi connectivity index (χ1n) is 8.13. The first-order chi connectivity index (χ1) is 12.0. The van der Waals surface area contributed by atoms with Gasteiger partial charge in [-0.3, -0.25) is 0 Å². The lowest BCUT2D eigenvalue weighted by atomic mass is 10.2. The number of nitrogens with one attached hydrogen (secondary N) is 1. The minimum Gasteiger partial charge on any atom is -0.490 e. The highest BCUT2D eigenvalue weighted by atomic mass is 35.5. The van der Waals surface area contributed by atoms with Gasteiger partial charge in [-0.2, -0.15) is 4.98 Å². The fourth-order valence-electron chi connectivity index (χ4n) is 2.58. The van der Waals surface area contributed by atoms with Gasteiger partial charge in [-0.1, -0.05) is 0 Å². The molecule has 0 saturated heterocycles. The van der Waals surface area contributed by atoms with Gasteiger partial charge in [0, 0.05) is 16.6 Å². The molecule has 2 aromatic heterocycles. The number of aryl methyl sites for hydroxylation is 2. The molecule has 0 amide bonds. The number of rotatable bonds is 6. The van der Waals surface area contributed by atoms with E-state index in [4.69, 9.17) is 21.1 Å². The van der Waals surface area contributed by atoms with Crippen LogP contribution < -0.4 is 14.8 Å². The van der Waals surface area contributed by atoms with Crippen LogP contribution >= 0.6 is 22.9 Å². The van der Waals surface area contributed by atoms with E-state index in [0.29, 0.717) is 24.8 Å². The van der Waals surface area contributed by atoms with Crippen LogP contribution in [0.5, 0.6) is 11.5 Å². The summed E-state index contributed by atoms with van der Waals surface area (Å²) in [5, 5.41) is 4.57. The highest BCUT2D eigenvalue weighted by molar-refractivity contribution is 7.18. The Morgan fingerprint density at radius 1 is 1.08 bits per heavy atom. The van der Waals surface area contributed by atoms with Crippen LogP contribution in [-0.2, 0) is 0 Å². The molecule has 0 spiro atoms. The third kappa shape index (κ3) is 3.65. The maximum absolute atomic E-state index is 6.10. The summed E-state index contributed by atoms with van der Waals surface area (Å²) in [4.78, 5) is 10.8. The molecule has 3 rings (SSSR count). The Balaban J connectivity index is 2.02. The van der Waals surface area contributed by atoms with Crippen molar-refractivity contribution in [1.82, 2.24) is 9.97 Å². The second-order valence-corrected chi connectivity index (χ2v) is 7.00. The Morgan fingerprint density at radius 3 is 2.52 bits per heavy atom. The molecule has 0 atom stereocenters. The van der Waals surface area contributed by atoms with Crippen molar-refractivity contribution in [2.45, 2.75) is 27.7 Å². The molecule has 0 radical (unpaired) electrons. The van der Waals surface area contributed by atoms with Crippen LogP contribution in [0.1, 0.15) is 24.3 Å². The lowest BCUT2D eigenvalue weighted by molar-refractivity contribution is 0.288. The molecular formula is C18H20ClN3O2S. The molecule has 132 valence electrons. The van der Waals surface area contributed by atoms with E-state index in [-0.39, 0.29) is 5.28 Å². The Bertz CT molecular complexity index is 911. The SMILES string of the molecule is CCOc1ccc(Nc2nc(Cl)nc3sc(C)c(C)c23)cc1OCC. The van der Waals surface area contributed by atoms with Crippen LogP contribution in [-0.4, -0.2) is 23.2 Å². The topological polar surface area (TPSA) is 56.3 Å². The van der Waals surface area contributed by atoms with Crippen molar-refractivity contribution in [3.8, 4) is 11.5 Å². The van der Waals surface area contributed by atoms with Crippen LogP contribution in [0.3, 0.4) is 0 Å². The molecule has 25 heavy (non-hydrogen) atoms. The summed E-state index contributed by atoms with van der Waals surface area (Å²) < 4.78 is 11.3. The Labute approximate surface area is 156 Å². The van der Waals surface area contributed by atoms with Gasteiger partial charge in [-0.15, -0.1) is 11.3 Å². The average Bonchev–Trinajstić information content (AvgIpc) is 2.84. The van der Waals surface area contributed by atoms with Gasteiger partial charge in [0.15, 0.2) is 11.5 Å². The van der Waals surface area contributed by atoms with E-state index in [9.17, 15) is 0 Å². The zero-order valence-electron chi connectivity index (χ0n) is 14.6. The summed E-state index contributed by atoms with van der Waals surface area (Å²) in [7, 11) is 0. The van der Waals surface area contributed by atoms with E-state index in [1.165, 1.54) is 4.88 Å². The van der Waals surface area contributed by atoms with Crippen molar-refractivity contribution in [3.63, 3.8) is 0 Å². The van der Waals surface area contributed by atoms with E-state index < -0.39 is 0 Å². The molecule has 0 aliphatic rings. The summed E-state index contributed by atoms with van der Waals surface area (Å²) in [5.41, 5.74) is 2.02. The van der Waals surface area contributed by atoms with Crippen molar-refractivity contribution in [2.75, 3.05) is 18.5 Å². The predicted octanol–water partition coefficient (Wildman–Crippen LogP) is 5.50. The van der Waals surface area contributed by atoms with Crippen LogP contribution in [0.25, 0.3) is 10.2 Å². The summed E-state index contributed by atoms with van der Waals surface area (Å²) in [5.74, 6) is 2.12. The zero-order valence-corrected chi connectivity index (χ0v) is 16.2. The van der Waals surface area contributed by atoms with Crippen molar-refractivity contribution in [3.05, 3.63) is 33.9 Å². The van der Waals surface area contributed by atoms with Gasteiger partial charge in [0.1, 0.15) is 10.6 Å². The van der Waals surface area contributed by atoms with Crippen LogP contribution in [0.15, 0.2) is 18.2 Å². The Hall–Kier alpha value is -2.05. The minimum atomic E-state index is 0.229. The lowest BCUT2D eigenvalue weighted by Crippen LogP contribution is -2.01. The zero-order chi connectivity index (χ0) is 18.0. The number of hydrogen-bond donors (Lipinski definition) is 1. The van der Waals surface area contributed by atoms with Gasteiger partial charge in [0.25, 0.3) is 0 Å². The van der Waals surface area contributed by atoms with E-state index in [1.54, 1.807) is 11.3 Å². The van der Waals surface area contributed by atoms with Gasteiger partial charge < -0.3 is 14.8 Å². The van der Waals surface area contributed by atoms with E-state index in [2.05, 4.69) is 29.1 Å². The molecule has 2 heterocycles. The number of halogens is 1. The molecule has 0 fully saturated rings. The number of fused-ring (bicyclic) bond motifs is 1. The molecule has 7 heteroatoms. The fourth-order valence-corrected chi connectivity index (χ4v) is 3.83. The van der Waals surface area contributed by atoms with Gasteiger partial charge in [-0.05, 0) is 57.0 Å². The summed E-state index contributed by atoms with van der Waals surface area (Å²) in [6.07, 6.45) is 0. The number of benzene rings is 1. The number of thiophene rings is 1. The number of ether oxygens (including phenoxy) is 2. The van der Waals surface area contributed by atoms with Crippen LogP contribution in [0.2, 0.25) is 5.28 Å². The molecule has 1 N–H and O–H groups in total. The third-order valence-corrected chi connectivity index (χ3v) is 5.08. The average molecular weight is 378 g/mol. The smallest absolute Gasteiger partial charge is 0.225 e. The predicted molar refractivity (Wildman–Crippen MR) is 104 cm³/mol. The Morgan fingerprint density at radius 2 is 1.80 bits per heavy atom. The number of nitrogens with zero attached hydrogens (tertiary/aromatic N) is 2. The molecule has 0 unspecified atom stereocenters. The van der Waals surface area contributed by atoms with E-state index >= 15 is 0 Å². The second-order valence-electron chi connectivity index (χ2n) is 5.46. The van der Waals surface area contributed by atoms with Crippen molar-refractivity contribution in [2.24, 2.45) is 0 Å². The maximum Gasteiger partial charge on any atom is 0.225 e. The van der Waals surface area contributed by atoms with Gasteiger partial charge in [-0.25, -0.2) is 4.98 Å². The Kier molecular flexibility index (Phi) is 5.30. The highest BCUT2D eigenvalue weighted by Gasteiger charge is 2.15. The largest absolute Gasteiger partial charge is 0.490 e. The number of aromatic nitrogens is 2. The van der Waals surface area contributed by atoms with Crippen molar-refractivity contribution in [1.29, 1.82) is 0 Å². The van der Waals surface area contributed by atoms with E-state index in [1.807, 2.05) is 32.0 Å². The molecule has 5 nitrogen and oxygen atoms in total. The summed E-state index contributed by atoms with van der Waals surface area (Å²) in [6, 6.07) is 5.73. The fraction of sp³-hybridized carbons (Fsp3) is 0.333. The number of hydrogen-bond acceptors (Lipinski definition) is 6. The molecular weight excluding hydrogens is 358 g/mol. The molecule has 3 aromatic rings. The van der Waals surface area contributed by atoms with Gasteiger partial charge in [0.05, 0.1) is 18.6 Å². The maximum atomic E-state index is 6.10. The van der Waals surface area contributed by atoms with Crippen molar-refractivity contribution >= 4 is 44.7 Å². The highest BCUT2D eigenvalue weighted by Crippen LogP contribution is 2.37. The first kappa shape index (κ1) is 17.8. The van der Waals surface area contributed by atoms with Gasteiger partial charge in [0.2, 0.25) is 5.28 Å². The van der Waals surface area contributed by atoms with Crippen LogP contribution in [0.4, 0.5) is 11.5 Å².